The molecule has 2 rings (SSSR count). The van der Waals surface area contributed by atoms with Gasteiger partial charge < -0.3 is 28.5 Å². The van der Waals surface area contributed by atoms with Crippen LogP contribution in [0, 0.1) is 0 Å². The van der Waals surface area contributed by atoms with E-state index in [-0.39, 0.29) is 35.7 Å². The van der Waals surface area contributed by atoms with Crippen LogP contribution < -0.4 is 5.32 Å². The molecule has 0 aromatic carbocycles. The molecule has 0 unspecified atom stereocenters. The van der Waals surface area contributed by atoms with Crippen LogP contribution in [0.2, 0.25) is 0 Å². The smallest absolute Gasteiger partial charge is 0.290 e. The number of furan rings is 1. The molecule has 0 spiro atoms. The van der Waals surface area contributed by atoms with Crippen molar-refractivity contribution in [1.29, 1.82) is 0 Å². The molecule has 2 heterocycles. The second kappa shape index (κ2) is 11.1. The Balaban J connectivity index is 1.97. The second-order valence-electron chi connectivity index (χ2n) is 5.78. The van der Waals surface area contributed by atoms with Crippen molar-refractivity contribution in [3.8, 4) is 0 Å². The number of ether oxygens (including phenoxy) is 2. The number of methoxy groups -OCH3 is 2. The van der Waals surface area contributed by atoms with E-state index in [0.717, 1.165) is 0 Å². The van der Waals surface area contributed by atoms with Crippen molar-refractivity contribution in [1.82, 2.24) is 15.2 Å². The van der Waals surface area contributed by atoms with Gasteiger partial charge in [-0.05, 0) is 25.0 Å². The quantitative estimate of drug-likeness (QED) is 0.559. The molecule has 1 N–H and O–H groups in total. The van der Waals surface area contributed by atoms with Crippen molar-refractivity contribution in [3.63, 3.8) is 0 Å². The summed E-state index contributed by atoms with van der Waals surface area (Å²) in [7, 11) is 3.21. The Kier molecular flexibility index (Phi) is 8.53. The van der Waals surface area contributed by atoms with Crippen molar-refractivity contribution >= 4 is 11.8 Å². The maximum absolute atomic E-state index is 12.6. The Morgan fingerprint density at radius 1 is 1.19 bits per heavy atom. The first kappa shape index (κ1) is 20.7. The van der Waals surface area contributed by atoms with Gasteiger partial charge in [-0.15, -0.1) is 0 Å². The topological polar surface area (TPSA) is 107 Å². The molecule has 27 heavy (non-hydrogen) atoms. The van der Waals surface area contributed by atoms with Crippen LogP contribution in [0.5, 0.6) is 0 Å². The number of carbonyl (C=O) groups is 2. The lowest BCUT2D eigenvalue weighted by molar-refractivity contribution is 0.0676. The third kappa shape index (κ3) is 6.54. The summed E-state index contributed by atoms with van der Waals surface area (Å²) in [4.78, 5) is 30.4. The number of hydrogen-bond donors (Lipinski definition) is 1. The number of rotatable bonds is 12. The van der Waals surface area contributed by atoms with E-state index in [1.54, 1.807) is 31.3 Å². The predicted molar refractivity (Wildman–Crippen MR) is 95.3 cm³/mol. The van der Waals surface area contributed by atoms with Crippen LogP contribution in [0.15, 0.2) is 33.5 Å². The van der Waals surface area contributed by atoms with Gasteiger partial charge in [0.05, 0.1) is 12.8 Å². The summed E-state index contributed by atoms with van der Waals surface area (Å²) < 4.78 is 20.5. The fourth-order valence-electron chi connectivity index (χ4n) is 2.37. The highest BCUT2D eigenvalue weighted by Gasteiger charge is 2.21. The van der Waals surface area contributed by atoms with Gasteiger partial charge in [0, 0.05) is 40.5 Å². The molecule has 2 amide bonds. The molecular weight excluding hydrogens is 354 g/mol. The fraction of sp³-hybridized carbons (Fsp3) is 0.500. The molecule has 0 bridgehead atoms. The Labute approximate surface area is 157 Å². The third-order valence-corrected chi connectivity index (χ3v) is 3.72. The monoisotopic (exact) mass is 379 g/mol. The van der Waals surface area contributed by atoms with Gasteiger partial charge in [-0.1, -0.05) is 0 Å². The maximum atomic E-state index is 12.6. The standard InChI is InChI=1S/C18H25N3O6/c1-24-9-4-7-19-17(22)14-13-27-16(20-14)12-21(8-5-10-25-2)18(23)15-6-3-11-26-15/h3,6,11,13H,4-5,7-10,12H2,1-2H3,(H,19,22). The number of hydrogen-bond acceptors (Lipinski definition) is 7. The van der Waals surface area contributed by atoms with Gasteiger partial charge in [0.1, 0.15) is 6.26 Å². The minimum Gasteiger partial charge on any atom is -0.459 e. The maximum Gasteiger partial charge on any atom is 0.290 e. The molecule has 0 aliphatic heterocycles. The van der Waals surface area contributed by atoms with Gasteiger partial charge >= 0.3 is 0 Å². The fourth-order valence-corrected chi connectivity index (χ4v) is 2.37. The van der Waals surface area contributed by atoms with Gasteiger partial charge in [0.2, 0.25) is 5.89 Å². The van der Waals surface area contributed by atoms with Crippen molar-refractivity contribution in [2.24, 2.45) is 0 Å². The minimum absolute atomic E-state index is 0.125. The van der Waals surface area contributed by atoms with E-state index in [4.69, 9.17) is 18.3 Å². The van der Waals surface area contributed by atoms with E-state index in [1.807, 2.05) is 0 Å². The summed E-state index contributed by atoms with van der Waals surface area (Å²) >= 11 is 0. The summed E-state index contributed by atoms with van der Waals surface area (Å²) in [5.74, 6) is -0.103. The first-order chi connectivity index (χ1) is 13.2. The molecule has 0 aliphatic rings. The average Bonchev–Trinajstić information content (AvgIpc) is 3.36. The molecule has 0 fully saturated rings. The minimum atomic E-state index is -0.329. The number of oxazole rings is 1. The summed E-state index contributed by atoms with van der Waals surface area (Å²) in [6.07, 6.45) is 4.08. The van der Waals surface area contributed by atoms with Gasteiger partial charge in [0.15, 0.2) is 11.5 Å². The lowest BCUT2D eigenvalue weighted by Crippen LogP contribution is -2.32. The largest absolute Gasteiger partial charge is 0.459 e. The molecule has 0 atom stereocenters. The SMILES string of the molecule is COCCCNC(=O)c1coc(CN(CCCOC)C(=O)c2ccco2)n1. The van der Waals surface area contributed by atoms with Gasteiger partial charge in [-0.25, -0.2) is 4.98 Å². The Bertz CT molecular complexity index is 698. The Morgan fingerprint density at radius 3 is 2.67 bits per heavy atom. The molecule has 0 saturated carbocycles. The van der Waals surface area contributed by atoms with Crippen molar-refractivity contribution in [2.45, 2.75) is 19.4 Å². The third-order valence-electron chi connectivity index (χ3n) is 3.72. The summed E-state index contributed by atoms with van der Waals surface area (Å²) in [5, 5.41) is 2.73. The highest BCUT2D eigenvalue weighted by Crippen LogP contribution is 2.12. The number of carbonyl (C=O) groups excluding carboxylic acids is 2. The highest BCUT2D eigenvalue weighted by molar-refractivity contribution is 5.92. The molecule has 9 nitrogen and oxygen atoms in total. The van der Waals surface area contributed by atoms with E-state index >= 15 is 0 Å². The lowest BCUT2D eigenvalue weighted by atomic mass is 10.3. The summed E-state index contributed by atoms with van der Waals surface area (Å²) in [6, 6.07) is 3.25. The molecule has 2 aromatic heterocycles. The number of nitrogens with zero attached hydrogens (tertiary/aromatic N) is 2. The van der Waals surface area contributed by atoms with Crippen molar-refractivity contribution in [2.75, 3.05) is 40.5 Å². The summed E-state index contributed by atoms with van der Waals surface area (Å²) in [6.45, 7) is 2.13. The lowest BCUT2D eigenvalue weighted by Gasteiger charge is -2.19. The zero-order chi connectivity index (χ0) is 19.5. The van der Waals surface area contributed by atoms with Crippen LogP contribution in [0.1, 0.15) is 39.8 Å². The first-order valence-electron chi connectivity index (χ1n) is 8.69. The number of aromatic nitrogens is 1. The van der Waals surface area contributed by atoms with E-state index in [9.17, 15) is 9.59 Å². The number of amides is 2. The zero-order valence-electron chi connectivity index (χ0n) is 15.6. The van der Waals surface area contributed by atoms with E-state index < -0.39 is 0 Å². The average molecular weight is 379 g/mol. The molecule has 0 saturated heterocycles. The van der Waals surface area contributed by atoms with Gasteiger partial charge in [-0.3, -0.25) is 9.59 Å². The Hall–Kier alpha value is -2.65. The normalized spacial score (nSPS) is 10.7. The molecule has 2 aromatic rings. The van der Waals surface area contributed by atoms with Gasteiger partial charge in [-0.2, -0.15) is 0 Å². The molecule has 0 aliphatic carbocycles. The van der Waals surface area contributed by atoms with Crippen molar-refractivity contribution in [3.05, 3.63) is 42.0 Å². The molecule has 0 radical (unpaired) electrons. The molecular formula is C18H25N3O6. The first-order valence-corrected chi connectivity index (χ1v) is 8.69. The number of nitrogens with one attached hydrogen (secondary N) is 1. The van der Waals surface area contributed by atoms with Crippen LogP contribution in [0.4, 0.5) is 0 Å². The summed E-state index contributed by atoms with van der Waals surface area (Å²) in [5.41, 5.74) is 0.171. The Morgan fingerprint density at radius 2 is 1.96 bits per heavy atom. The van der Waals surface area contributed by atoms with Crippen molar-refractivity contribution < 1.29 is 27.9 Å². The second-order valence-corrected chi connectivity index (χ2v) is 5.78. The van der Waals surface area contributed by atoms with Gasteiger partial charge in [0.25, 0.3) is 11.8 Å². The van der Waals surface area contributed by atoms with Crippen LogP contribution in [0.3, 0.4) is 0 Å². The van der Waals surface area contributed by atoms with Crippen LogP contribution in [0.25, 0.3) is 0 Å². The zero-order valence-corrected chi connectivity index (χ0v) is 15.6. The van der Waals surface area contributed by atoms with E-state index in [2.05, 4.69) is 10.3 Å². The predicted octanol–water partition coefficient (Wildman–Crippen LogP) is 1.71. The van der Waals surface area contributed by atoms with E-state index in [0.29, 0.717) is 39.1 Å². The van der Waals surface area contributed by atoms with Crippen LogP contribution in [-0.2, 0) is 16.0 Å². The molecule has 148 valence electrons. The van der Waals surface area contributed by atoms with Crippen LogP contribution in [-0.4, -0.2) is 62.2 Å². The van der Waals surface area contributed by atoms with Crippen LogP contribution >= 0.6 is 0 Å². The van der Waals surface area contributed by atoms with E-state index in [1.165, 1.54) is 12.5 Å². The highest BCUT2D eigenvalue weighted by atomic mass is 16.5. The molecule has 9 heteroatoms.